The first-order valence-electron chi connectivity index (χ1n) is 11.9. The molecule has 2 aliphatic rings. The van der Waals surface area contributed by atoms with E-state index >= 15 is 0 Å². The Morgan fingerprint density at radius 1 is 0.806 bits per heavy atom. The number of imide groups is 1. The van der Waals surface area contributed by atoms with Gasteiger partial charge in [0.1, 0.15) is 0 Å². The number of halogens is 1. The number of hydrogen-bond acceptors (Lipinski definition) is 6. The number of anilines is 1. The monoisotopic (exact) mass is 505 g/mol. The topological polar surface area (TPSA) is 62.3 Å². The number of ether oxygens (including phenoxy) is 2. The lowest BCUT2D eigenvalue weighted by Gasteiger charge is -2.36. The molecule has 0 radical (unpaired) electrons. The van der Waals surface area contributed by atoms with Crippen LogP contribution in [0.2, 0.25) is 5.02 Å². The Hall–Kier alpha value is -3.55. The Morgan fingerprint density at radius 3 is 2.28 bits per heavy atom. The summed E-state index contributed by atoms with van der Waals surface area (Å²) in [5, 5.41) is 0.542. The number of nitrogens with zero attached hydrogens (tertiary/aromatic N) is 3. The molecule has 0 unspecified atom stereocenters. The van der Waals surface area contributed by atoms with Crippen LogP contribution >= 0.6 is 11.6 Å². The Balaban J connectivity index is 1.29. The van der Waals surface area contributed by atoms with Crippen molar-refractivity contribution in [3.05, 3.63) is 87.9 Å². The zero-order valence-electron chi connectivity index (χ0n) is 20.4. The van der Waals surface area contributed by atoms with E-state index in [0.29, 0.717) is 21.9 Å². The standard InChI is InChI=1S/C28H28ClN3O4/c1-35-24-11-10-19(16-25(24)36-2)17-30-12-14-31(15-13-30)23-9-5-7-21-26(23)28(34)32(27(21)33)18-20-6-3-4-8-22(20)29/h3-11,16H,12-15,17-18H2,1-2H3. The molecule has 8 heteroatoms. The van der Waals surface area contributed by atoms with Crippen LogP contribution in [0.25, 0.3) is 0 Å². The summed E-state index contributed by atoms with van der Waals surface area (Å²) in [6.45, 7) is 4.15. The van der Waals surface area contributed by atoms with Gasteiger partial charge in [-0.05, 0) is 41.5 Å². The van der Waals surface area contributed by atoms with Crippen LogP contribution in [0.5, 0.6) is 11.5 Å². The number of piperazine rings is 1. The number of rotatable bonds is 7. The number of carbonyl (C=O) groups is 2. The molecular weight excluding hydrogens is 478 g/mol. The van der Waals surface area contributed by atoms with Crippen molar-refractivity contribution >= 4 is 29.1 Å². The molecule has 0 atom stereocenters. The SMILES string of the molecule is COc1ccc(CN2CCN(c3cccc4c3C(=O)N(Cc3ccccc3Cl)C4=O)CC2)cc1OC. The Morgan fingerprint density at radius 2 is 1.56 bits per heavy atom. The summed E-state index contributed by atoms with van der Waals surface area (Å²) in [5.74, 6) is 0.895. The van der Waals surface area contributed by atoms with Gasteiger partial charge in [-0.25, -0.2) is 0 Å². The number of amides is 2. The third kappa shape index (κ3) is 4.52. The fourth-order valence-electron chi connectivity index (χ4n) is 4.90. The van der Waals surface area contributed by atoms with Gasteiger partial charge in [-0.3, -0.25) is 19.4 Å². The lowest BCUT2D eigenvalue weighted by atomic mass is 10.1. The number of carbonyl (C=O) groups excluding carboxylic acids is 2. The van der Waals surface area contributed by atoms with Gasteiger partial charge in [0.25, 0.3) is 11.8 Å². The van der Waals surface area contributed by atoms with Gasteiger partial charge in [0.2, 0.25) is 0 Å². The first-order valence-corrected chi connectivity index (χ1v) is 12.3. The molecule has 5 rings (SSSR count). The van der Waals surface area contributed by atoms with Gasteiger partial charge in [0.15, 0.2) is 11.5 Å². The predicted molar refractivity (Wildman–Crippen MR) is 139 cm³/mol. The number of hydrogen-bond donors (Lipinski definition) is 0. The zero-order chi connectivity index (χ0) is 25.2. The second-order valence-corrected chi connectivity index (χ2v) is 9.35. The summed E-state index contributed by atoms with van der Waals surface area (Å²) in [4.78, 5) is 32.4. The van der Waals surface area contributed by atoms with Gasteiger partial charge < -0.3 is 14.4 Å². The fraction of sp³-hybridized carbons (Fsp3) is 0.286. The average Bonchev–Trinajstić information content (AvgIpc) is 3.15. The van der Waals surface area contributed by atoms with Crippen molar-refractivity contribution in [3.63, 3.8) is 0 Å². The molecule has 0 spiro atoms. The van der Waals surface area contributed by atoms with Gasteiger partial charge in [0, 0.05) is 37.7 Å². The summed E-state index contributed by atoms with van der Waals surface area (Å²) in [6.07, 6.45) is 0. The molecule has 3 aromatic carbocycles. The van der Waals surface area contributed by atoms with Gasteiger partial charge in [-0.1, -0.05) is 41.9 Å². The van der Waals surface area contributed by atoms with Crippen molar-refractivity contribution in [1.29, 1.82) is 0 Å². The van der Waals surface area contributed by atoms with E-state index in [1.807, 2.05) is 42.5 Å². The Kier molecular flexibility index (Phi) is 6.85. The lowest BCUT2D eigenvalue weighted by molar-refractivity contribution is 0.0642. The third-order valence-electron chi connectivity index (χ3n) is 6.83. The quantitative estimate of drug-likeness (QED) is 0.441. The van der Waals surface area contributed by atoms with Gasteiger partial charge in [-0.15, -0.1) is 0 Å². The van der Waals surface area contributed by atoms with Crippen molar-refractivity contribution in [3.8, 4) is 11.5 Å². The largest absolute Gasteiger partial charge is 0.493 e. The molecule has 0 bridgehead atoms. The second kappa shape index (κ2) is 10.2. The predicted octanol–water partition coefficient (Wildman–Crippen LogP) is 4.48. The minimum absolute atomic E-state index is 0.157. The summed E-state index contributed by atoms with van der Waals surface area (Å²) >= 11 is 6.29. The zero-order valence-corrected chi connectivity index (χ0v) is 21.1. The second-order valence-electron chi connectivity index (χ2n) is 8.94. The molecule has 2 heterocycles. The molecular formula is C28H28ClN3O4. The average molecular weight is 506 g/mol. The number of methoxy groups -OCH3 is 2. The fourth-order valence-corrected chi connectivity index (χ4v) is 5.10. The molecule has 2 amide bonds. The van der Waals surface area contributed by atoms with E-state index in [1.54, 1.807) is 26.4 Å². The highest BCUT2D eigenvalue weighted by atomic mass is 35.5. The van der Waals surface area contributed by atoms with Crippen LogP contribution in [0, 0.1) is 0 Å². The third-order valence-corrected chi connectivity index (χ3v) is 7.20. The normalized spacial score (nSPS) is 15.9. The number of benzene rings is 3. The van der Waals surface area contributed by atoms with E-state index in [9.17, 15) is 9.59 Å². The summed E-state index contributed by atoms with van der Waals surface area (Å²) < 4.78 is 10.8. The maximum atomic E-state index is 13.4. The molecule has 0 N–H and O–H groups in total. The molecule has 0 aromatic heterocycles. The van der Waals surface area contributed by atoms with Crippen molar-refractivity contribution in [2.24, 2.45) is 0 Å². The minimum Gasteiger partial charge on any atom is -0.493 e. The van der Waals surface area contributed by atoms with Crippen LogP contribution in [0.15, 0.2) is 60.7 Å². The minimum atomic E-state index is -0.274. The summed E-state index contributed by atoms with van der Waals surface area (Å²) in [6, 6.07) is 18.8. The highest BCUT2D eigenvalue weighted by Gasteiger charge is 2.39. The first-order chi connectivity index (χ1) is 17.5. The first kappa shape index (κ1) is 24.2. The highest BCUT2D eigenvalue weighted by molar-refractivity contribution is 6.31. The van der Waals surface area contributed by atoms with Crippen LogP contribution in [0.1, 0.15) is 31.8 Å². The maximum Gasteiger partial charge on any atom is 0.263 e. The Bertz CT molecular complexity index is 1300. The van der Waals surface area contributed by atoms with E-state index < -0.39 is 0 Å². The van der Waals surface area contributed by atoms with Crippen molar-refractivity contribution in [2.75, 3.05) is 45.3 Å². The summed E-state index contributed by atoms with van der Waals surface area (Å²) in [5.41, 5.74) is 3.66. The van der Waals surface area contributed by atoms with Crippen molar-refractivity contribution < 1.29 is 19.1 Å². The molecule has 36 heavy (non-hydrogen) atoms. The Labute approximate surface area is 215 Å². The molecule has 186 valence electrons. The van der Waals surface area contributed by atoms with Crippen molar-refractivity contribution in [2.45, 2.75) is 13.1 Å². The van der Waals surface area contributed by atoms with E-state index in [1.165, 1.54) is 4.90 Å². The van der Waals surface area contributed by atoms with Crippen LogP contribution in [-0.4, -0.2) is 62.0 Å². The van der Waals surface area contributed by atoms with Crippen LogP contribution in [0.4, 0.5) is 5.69 Å². The molecule has 7 nitrogen and oxygen atoms in total. The van der Waals surface area contributed by atoms with Crippen LogP contribution in [0.3, 0.4) is 0 Å². The van der Waals surface area contributed by atoms with E-state index in [2.05, 4.69) is 15.9 Å². The van der Waals surface area contributed by atoms with E-state index in [-0.39, 0.29) is 18.4 Å². The van der Waals surface area contributed by atoms with Crippen molar-refractivity contribution in [1.82, 2.24) is 9.80 Å². The van der Waals surface area contributed by atoms with Gasteiger partial charge in [0.05, 0.1) is 37.6 Å². The van der Waals surface area contributed by atoms with E-state index in [0.717, 1.165) is 55.3 Å². The van der Waals surface area contributed by atoms with Crippen LogP contribution < -0.4 is 14.4 Å². The molecule has 0 saturated carbocycles. The van der Waals surface area contributed by atoms with Crippen LogP contribution in [-0.2, 0) is 13.1 Å². The smallest absolute Gasteiger partial charge is 0.263 e. The molecule has 1 saturated heterocycles. The lowest BCUT2D eigenvalue weighted by Crippen LogP contribution is -2.46. The molecule has 2 aliphatic heterocycles. The molecule has 1 fully saturated rings. The molecule has 3 aromatic rings. The molecule has 0 aliphatic carbocycles. The number of fused-ring (bicyclic) bond motifs is 1. The van der Waals surface area contributed by atoms with Gasteiger partial charge >= 0.3 is 0 Å². The van der Waals surface area contributed by atoms with Gasteiger partial charge in [-0.2, -0.15) is 0 Å². The maximum absolute atomic E-state index is 13.4. The highest BCUT2D eigenvalue weighted by Crippen LogP contribution is 2.34. The summed E-state index contributed by atoms with van der Waals surface area (Å²) in [7, 11) is 3.27. The van der Waals surface area contributed by atoms with E-state index in [4.69, 9.17) is 21.1 Å².